The molecule has 42 heavy (non-hydrogen) atoms. The molecule has 0 saturated heterocycles. The quantitative estimate of drug-likeness (QED) is 0.351. The van der Waals surface area contributed by atoms with E-state index in [0.29, 0.717) is 40.1 Å². The number of benzene rings is 2. The number of halogens is 3. The van der Waals surface area contributed by atoms with Crippen LogP contribution in [0.2, 0.25) is 0 Å². The molecule has 2 aliphatic carbocycles. The highest BCUT2D eigenvalue weighted by Gasteiger charge is 2.42. The average Bonchev–Trinajstić information content (AvgIpc) is 3.46. The van der Waals surface area contributed by atoms with E-state index in [9.17, 15) is 27.9 Å². The van der Waals surface area contributed by atoms with Crippen molar-refractivity contribution in [2.75, 3.05) is 0 Å². The van der Waals surface area contributed by atoms with Gasteiger partial charge in [0.2, 0.25) is 0 Å². The monoisotopic (exact) mass is 585 g/mol. The Labute approximate surface area is 246 Å². The Bertz CT molecular complexity index is 1300. The number of nitrogens with one attached hydrogen (secondary N) is 1. The third-order valence-corrected chi connectivity index (χ3v) is 7.54. The zero-order valence-electron chi connectivity index (χ0n) is 25.1. The number of allylic oxidation sites excluding steroid dienone is 3. The molecule has 5 nitrogen and oxygen atoms in total. The average molecular weight is 586 g/mol. The zero-order chi connectivity index (χ0) is 31.0. The van der Waals surface area contributed by atoms with Crippen molar-refractivity contribution in [3.63, 3.8) is 0 Å². The fraction of sp³-hybridized carbons (Fsp3) is 0.471. The second-order valence-electron chi connectivity index (χ2n) is 10.8. The van der Waals surface area contributed by atoms with Gasteiger partial charge in [-0.05, 0) is 80.3 Å². The molecule has 0 aromatic heterocycles. The number of Topliss-reactive ketones (excluding diaryl/α,β-unsaturated/α-hetero) is 1. The van der Waals surface area contributed by atoms with Crippen LogP contribution in [0.1, 0.15) is 108 Å². The van der Waals surface area contributed by atoms with Gasteiger partial charge in [-0.25, -0.2) is 4.79 Å². The van der Waals surface area contributed by atoms with Crippen molar-refractivity contribution < 1.29 is 32.6 Å². The lowest BCUT2D eigenvalue weighted by Gasteiger charge is -2.37. The van der Waals surface area contributed by atoms with Gasteiger partial charge >= 0.3 is 12.1 Å². The van der Waals surface area contributed by atoms with Gasteiger partial charge in [-0.15, -0.1) is 0 Å². The van der Waals surface area contributed by atoms with E-state index in [1.54, 1.807) is 25.1 Å². The molecule has 2 aromatic rings. The highest BCUT2D eigenvalue weighted by atomic mass is 19.4. The van der Waals surface area contributed by atoms with Crippen LogP contribution in [-0.2, 0) is 20.5 Å². The second kappa shape index (κ2) is 14.6. The molecule has 0 radical (unpaired) electrons. The second-order valence-corrected chi connectivity index (χ2v) is 10.8. The van der Waals surface area contributed by atoms with E-state index >= 15 is 0 Å². The molecule has 8 heteroatoms. The first-order valence-corrected chi connectivity index (χ1v) is 14.9. The summed E-state index contributed by atoms with van der Waals surface area (Å²) in [5.74, 6) is -1.66. The molecule has 2 unspecified atom stereocenters. The molecule has 1 heterocycles. The predicted octanol–water partition coefficient (Wildman–Crippen LogP) is 8.70. The fourth-order valence-electron chi connectivity index (χ4n) is 5.75. The molecule has 1 saturated carbocycles. The van der Waals surface area contributed by atoms with Gasteiger partial charge in [0.1, 0.15) is 11.9 Å². The number of hydrogen-bond donors (Lipinski definition) is 2. The van der Waals surface area contributed by atoms with Gasteiger partial charge in [0.15, 0.2) is 5.78 Å². The molecule has 5 rings (SSSR count). The van der Waals surface area contributed by atoms with Crippen LogP contribution in [0.5, 0.6) is 5.75 Å². The molecule has 0 bridgehead atoms. The maximum atomic E-state index is 13.6. The summed E-state index contributed by atoms with van der Waals surface area (Å²) in [6, 6.07) is 11.4. The number of rotatable bonds is 4. The van der Waals surface area contributed by atoms with E-state index in [1.165, 1.54) is 24.6 Å². The summed E-state index contributed by atoms with van der Waals surface area (Å²) in [5.41, 5.74) is 2.52. The van der Waals surface area contributed by atoms with E-state index < -0.39 is 23.6 Å². The summed E-state index contributed by atoms with van der Waals surface area (Å²) < 4.78 is 44.9. The largest absolute Gasteiger partial charge is 0.508 e. The van der Waals surface area contributed by atoms with Crippen molar-refractivity contribution >= 4 is 11.8 Å². The zero-order valence-corrected chi connectivity index (χ0v) is 25.1. The Morgan fingerprint density at radius 2 is 1.62 bits per heavy atom. The number of ketones is 1. The number of carbonyl (C=O) groups excluding carboxylic acids is 2. The minimum atomic E-state index is -4.43. The van der Waals surface area contributed by atoms with Crippen LogP contribution in [0.15, 0.2) is 71.1 Å². The minimum Gasteiger partial charge on any atom is -0.508 e. The number of phenols is 1. The highest BCUT2D eigenvalue weighted by Crippen LogP contribution is 2.46. The first-order chi connectivity index (χ1) is 20.0. The summed E-state index contributed by atoms with van der Waals surface area (Å²) in [6.07, 6.45) is 0.802. The van der Waals surface area contributed by atoms with Gasteiger partial charge in [0.05, 0.1) is 11.1 Å². The molecule has 2 atom stereocenters. The van der Waals surface area contributed by atoms with Crippen molar-refractivity contribution in [3.8, 4) is 5.75 Å². The minimum absolute atomic E-state index is 0.0187. The van der Waals surface area contributed by atoms with Crippen LogP contribution >= 0.6 is 0 Å². The number of phenolic OH excluding ortho intramolecular Hbond substituents is 1. The lowest BCUT2D eigenvalue weighted by molar-refractivity contribution is -0.144. The number of hydrogen-bond acceptors (Lipinski definition) is 5. The van der Waals surface area contributed by atoms with Crippen LogP contribution in [0.4, 0.5) is 13.2 Å². The number of alkyl halides is 3. The third-order valence-electron chi connectivity index (χ3n) is 7.54. The number of aromatic hydroxyl groups is 1. The molecule has 2 aromatic carbocycles. The molecule has 3 aliphatic rings. The van der Waals surface area contributed by atoms with Crippen LogP contribution in [0.3, 0.4) is 0 Å². The molecule has 0 amide bonds. The van der Waals surface area contributed by atoms with Crippen LogP contribution in [0.25, 0.3) is 0 Å². The fourth-order valence-corrected chi connectivity index (χ4v) is 5.75. The molecule has 0 spiro atoms. The Morgan fingerprint density at radius 3 is 2.19 bits per heavy atom. The summed E-state index contributed by atoms with van der Waals surface area (Å²) in [5, 5.41) is 13.4. The topological polar surface area (TPSA) is 75.6 Å². The van der Waals surface area contributed by atoms with Crippen LogP contribution < -0.4 is 5.32 Å². The maximum absolute atomic E-state index is 13.6. The number of dihydropyridines is 1. The van der Waals surface area contributed by atoms with E-state index in [1.807, 2.05) is 13.8 Å². The van der Waals surface area contributed by atoms with Crippen LogP contribution in [0, 0.1) is 0 Å². The van der Waals surface area contributed by atoms with Crippen molar-refractivity contribution in [2.45, 2.75) is 104 Å². The Kier molecular flexibility index (Phi) is 11.4. The smallest absolute Gasteiger partial charge is 0.416 e. The van der Waals surface area contributed by atoms with Gasteiger partial charge in [-0.1, -0.05) is 58.4 Å². The highest BCUT2D eigenvalue weighted by molar-refractivity contribution is 6.04. The van der Waals surface area contributed by atoms with Gasteiger partial charge in [0.25, 0.3) is 0 Å². The van der Waals surface area contributed by atoms with Crippen molar-refractivity contribution in [1.29, 1.82) is 0 Å². The van der Waals surface area contributed by atoms with Gasteiger partial charge in [0, 0.05) is 29.3 Å². The molecule has 1 aliphatic heterocycles. The summed E-state index contributed by atoms with van der Waals surface area (Å²) in [6.45, 7) is 10.0. The lowest BCUT2D eigenvalue weighted by Crippen LogP contribution is -2.36. The number of carbonyl (C=O) groups is 2. The van der Waals surface area contributed by atoms with Crippen molar-refractivity contribution in [2.24, 2.45) is 0 Å². The molecular weight excluding hydrogens is 543 g/mol. The molecule has 228 valence electrons. The van der Waals surface area contributed by atoms with E-state index in [0.717, 1.165) is 37.8 Å². The number of ether oxygens (including phenoxy) is 1. The number of esters is 1. The molecular formula is C34H42F3NO4. The molecule has 2 N–H and O–H groups in total. The first kappa shape index (κ1) is 33.0. The van der Waals surface area contributed by atoms with Crippen LogP contribution in [-0.4, -0.2) is 23.0 Å². The summed E-state index contributed by atoms with van der Waals surface area (Å²) in [4.78, 5) is 27.0. The van der Waals surface area contributed by atoms with Crippen molar-refractivity contribution in [3.05, 3.63) is 87.8 Å². The Morgan fingerprint density at radius 1 is 1.00 bits per heavy atom. The normalized spacial score (nSPS) is 20.5. The standard InChI is InChI=1S/C29H28F3NO4.C3H8.C2H6/c1-16-25(28(36)37-22-7-2-3-8-22)26(18-5-4-6-21(34)13-18)27-23(33-16)14-19(15-24(27)35)17-9-11-20(12-10-17)29(30,31)32;1-3-2;1-2/h4-6,9-13,19,22,26,33-34H,2-3,7-8,14-15H2,1H3;3H2,1-2H3;1-2H3. The maximum Gasteiger partial charge on any atom is 0.416 e. The van der Waals surface area contributed by atoms with E-state index in [-0.39, 0.29) is 30.0 Å². The Balaban J connectivity index is 0.000000910. The summed E-state index contributed by atoms with van der Waals surface area (Å²) in [7, 11) is 0. The summed E-state index contributed by atoms with van der Waals surface area (Å²) >= 11 is 0. The van der Waals surface area contributed by atoms with Gasteiger partial charge in [-0.2, -0.15) is 13.2 Å². The lowest BCUT2D eigenvalue weighted by atomic mass is 9.71. The predicted molar refractivity (Wildman–Crippen MR) is 158 cm³/mol. The van der Waals surface area contributed by atoms with Gasteiger partial charge < -0.3 is 15.2 Å². The third kappa shape index (κ3) is 7.64. The van der Waals surface area contributed by atoms with E-state index in [2.05, 4.69) is 19.2 Å². The van der Waals surface area contributed by atoms with Crippen molar-refractivity contribution in [1.82, 2.24) is 5.32 Å². The molecule has 1 fully saturated rings. The van der Waals surface area contributed by atoms with Gasteiger partial charge in [-0.3, -0.25) is 4.79 Å². The van der Waals surface area contributed by atoms with E-state index in [4.69, 9.17) is 4.74 Å². The first-order valence-electron chi connectivity index (χ1n) is 14.9. The Hall–Kier alpha value is -3.55. The SMILES string of the molecule is CC.CC1=C(C(=O)OC2CCCC2)C(c2cccc(O)c2)C2=C(CC(c3ccc(C(F)(F)F)cc3)CC2=O)N1.CCC.